The maximum atomic E-state index is 11.4. The number of aryl methyl sites for hydroxylation is 1. The van der Waals surface area contributed by atoms with Gasteiger partial charge in [-0.2, -0.15) is 5.01 Å². The van der Waals surface area contributed by atoms with Crippen LogP contribution in [0.5, 0.6) is 0 Å². The summed E-state index contributed by atoms with van der Waals surface area (Å²) < 4.78 is 0. The summed E-state index contributed by atoms with van der Waals surface area (Å²) in [6.45, 7) is 1.96. The minimum atomic E-state index is -0.920. The minimum absolute atomic E-state index is 0.633. The normalized spacial score (nSPS) is 15.1. The fraction of sp³-hybridized carbons (Fsp3) is 0.182. The summed E-state index contributed by atoms with van der Waals surface area (Å²) in [5, 5.41) is 2.59. The molecule has 6 nitrogen and oxygen atoms in total. The van der Waals surface area contributed by atoms with Crippen molar-refractivity contribution in [1.29, 1.82) is 0 Å². The van der Waals surface area contributed by atoms with Crippen molar-refractivity contribution in [3.05, 3.63) is 29.8 Å². The third-order valence-corrected chi connectivity index (χ3v) is 2.45. The van der Waals surface area contributed by atoms with Crippen molar-refractivity contribution in [2.75, 3.05) is 5.43 Å². The first-order valence-electron chi connectivity index (χ1n) is 5.17. The van der Waals surface area contributed by atoms with Crippen LogP contribution in [0.3, 0.4) is 0 Å². The van der Waals surface area contributed by atoms with Gasteiger partial charge in [-0.3, -0.25) is 20.3 Å². The number of carbonyl (C=O) groups is 3. The Morgan fingerprint density at radius 3 is 2.53 bits per heavy atom. The summed E-state index contributed by atoms with van der Waals surface area (Å²) in [6.07, 6.45) is 0.751. The van der Waals surface area contributed by atoms with Crippen LogP contribution in [-0.2, 0) is 16.0 Å². The average molecular weight is 233 g/mol. The van der Waals surface area contributed by atoms with Crippen LogP contribution in [0.4, 0.5) is 10.5 Å². The van der Waals surface area contributed by atoms with Gasteiger partial charge in [0.1, 0.15) is 0 Å². The molecule has 0 saturated carbocycles. The summed E-state index contributed by atoms with van der Waals surface area (Å²) in [6, 6.07) is 6.50. The van der Waals surface area contributed by atoms with Crippen molar-refractivity contribution in [3.8, 4) is 0 Å². The number of urea groups is 1. The van der Waals surface area contributed by atoms with Crippen LogP contribution in [0.15, 0.2) is 24.3 Å². The molecule has 1 aliphatic rings. The Morgan fingerprint density at radius 1 is 1.24 bits per heavy atom. The van der Waals surface area contributed by atoms with E-state index in [1.165, 1.54) is 0 Å². The summed E-state index contributed by atoms with van der Waals surface area (Å²) >= 11 is 0. The first-order chi connectivity index (χ1) is 8.13. The number of para-hydroxylation sites is 1. The minimum Gasteiger partial charge on any atom is -0.287 e. The van der Waals surface area contributed by atoms with E-state index in [0.29, 0.717) is 10.7 Å². The zero-order valence-electron chi connectivity index (χ0n) is 9.19. The first kappa shape index (κ1) is 11.1. The molecule has 88 valence electrons. The molecule has 2 rings (SSSR count). The monoisotopic (exact) mass is 233 g/mol. The number of hydrogen-bond donors (Lipinski definition) is 2. The molecule has 4 amide bonds. The smallest absolute Gasteiger partial charge is 0.287 e. The standard InChI is InChI=1S/C11H11N3O3/c1-2-7-5-3-4-6-8(7)13-14-10(16)9(15)12-11(14)17/h3-6,13H,2H2,1H3,(H,12,15,17). The lowest BCUT2D eigenvalue weighted by molar-refractivity contribution is -0.139. The summed E-state index contributed by atoms with van der Waals surface area (Å²) in [4.78, 5) is 33.6. The van der Waals surface area contributed by atoms with Crippen LogP contribution in [0.1, 0.15) is 12.5 Å². The van der Waals surface area contributed by atoms with Crippen molar-refractivity contribution in [2.24, 2.45) is 0 Å². The van der Waals surface area contributed by atoms with Gasteiger partial charge < -0.3 is 0 Å². The molecule has 1 heterocycles. The maximum absolute atomic E-state index is 11.4. The molecule has 1 saturated heterocycles. The SMILES string of the molecule is CCc1ccccc1NN1C(=O)NC(=O)C1=O. The van der Waals surface area contributed by atoms with E-state index in [9.17, 15) is 14.4 Å². The lowest BCUT2D eigenvalue weighted by Crippen LogP contribution is -2.36. The molecule has 1 aromatic rings. The second-order valence-electron chi connectivity index (χ2n) is 3.52. The third kappa shape index (κ3) is 1.96. The number of nitrogens with one attached hydrogen (secondary N) is 2. The highest BCUT2D eigenvalue weighted by molar-refractivity contribution is 6.45. The topological polar surface area (TPSA) is 78.5 Å². The summed E-state index contributed by atoms with van der Waals surface area (Å²) in [7, 11) is 0. The molecule has 2 N–H and O–H groups in total. The number of nitrogens with zero attached hydrogens (tertiary/aromatic N) is 1. The number of hydrogen-bond acceptors (Lipinski definition) is 4. The van der Waals surface area contributed by atoms with E-state index >= 15 is 0 Å². The second-order valence-corrected chi connectivity index (χ2v) is 3.52. The molecule has 0 aliphatic carbocycles. The van der Waals surface area contributed by atoms with Gasteiger partial charge in [0.25, 0.3) is 0 Å². The highest BCUT2D eigenvalue weighted by atomic mass is 16.2. The molecule has 6 heteroatoms. The van der Waals surface area contributed by atoms with E-state index in [0.717, 1.165) is 12.0 Å². The molecular weight excluding hydrogens is 222 g/mol. The molecule has 1 aliphatic heterocycles. The Labute approximate surface area is 97.6 Å². The maximum Gasteiger partial charge on any atom is 0.350 e. The molecule has 0 unspecified atom stereocenters. The number of imide groups is 2. The number of hydrazine groups is 1. The zero-order chi connectivity index (χ0) is 12.4. The zero-order valence-corrected chi connectivity index (χ0v) is 9.19. The van der Waals surface area contributed by atoms with Crippen LogP contribution in [0.25, 0.3) is 0 Å². The van der Waals surface area contributed by atoms with Crippen LogP contribution in [-0.4, -0.2) is 22.9 Å². The van der Waals surface area contributed by atoms with Crippen LogP contribution in [0.2, 0.25) is 0 Å². The predicted octanol–water partition coefficient (Wildman–Crippen LogP) is 0.654. The lowest BCUT2D eigenvalue weighted by atomic mass is 10.1. The number of amides is 4. The van der Waals surface area contributed by atoms with E-state index in [-0.39, 0.29) is 0 Å². The average Bonchev–Trinajstić information content (AvgIpc) is 2.57. The van der Waals surface area contributed by atoms with E-state index in [1.54, 1.807) is 12.1 Å². The van der Waals surface area contributed by atoms with Gasteiger partial charge in [-0.25, -0.2) is 4.79 Å². The Balaban J connectivity index is 2.24. The molecule has 1 fully saturated rings. The lowest BCUT2D eigenvalue weighted by Gasteiger charge is -2.16. The number of benzene rings is 1. The molecule has 0 atom stereocenters. The Hall–Kier alpha value is -2.37. The second kappa shape index (κ2) is 4.25. The molecular formula is C11H11N3O3. The number of anilines is 1. The van der Waals surface area contributed by atoms with Gasteiger partial charge in [0.05, 0.1) is 5.69 Å². The molecule has 1 aromatic carbocycles. The van der Waals surface area contributed by atoms with E-state index in [2.05, 4.69) is 5.43 Å². The van der Waals surface area contributed by atoms with E-state index in [4.69, 9.17) is 0 Å². The summed E-state index contributed by atoms with van der Waals surface area (Å²) in [5.41, 5.74) is 4.23. The van der Waals surface area contributed by atoms with Crippen LogP contribution >= 0.6 is 0 Å². The van der Waals surface area contributed by atoms with Gasteiger partial charge in [0.2, 0.25) is 0 Å². The van der Waals surface area contributed by atoms with Crippen molar-refractivity contribution >= 4 is 23.5 Å². The largest absolute Gasteiger partial charge is 0.350 e. The Kier molecular flexibility index (Phi) is 2.78. The Bertz CT molecular complexity index is 498. The molecule has 0 aromatic heterocycles. The van der Waals surface area contributed by atoms with Crippen molar-refractivity contribution in [2.45, 2.75) is 13.3 Å². The van der Waals surface area contributed by atoms with Crippen LogP contribution in [0, 0.1) is 0 Å². The molecule has 17 heavy (non-hydrogen) atoms. The molecule has 0 bridgehead atoms. The highest BCUT2D eigenvalue weighted by Crippen LogP contribution is 2.17. The predicted molar refractivity (Wildman–Crippen MR) is 59.8 cm³/mol. The van der Waals surface area contributed by atoms with Gasteiger partial charge in [-0.1, -0.05) is 25.1 Å². The van der Waals surface area contributed by atoms with E-state index in [1.807, 2.05) is 24.4 Å². The fourth-order valence-electron chi connectivity index (χ4n) is 1.56. The van der Waals surface area contributed by atoms with Crippen molar-refractivity contribution in [1.82, 2.24) is 10.3 Å². The third-order valence-electron chi connectivity index (χ3n) is 2.45. The molecule has 0 radical (unpaired) electrons. The quantitative estimate of drug-likeness (QED) is 0.593. The highest BCUT2D eigenvalue weighted by Gasteiger charge is 2.37. The Morgan fingerprint density at radius 2 is 1.94 bits per heavy atom. The number of carbonyl (C=O) groups excluding carboxylic acids is 3. The van der Waals surface area contributed by atoms with E-state index < -0.39 is 17.8 Å². The van der Waals surface area contributed by atoms with Gasteiger partial charge in [-0.05, 0) is 18.1 Å². The van der Waals surface area contributed by atoms with Crippen molar-refractivity contribution < 1.29 is 14.4 Å². The van der Waals surface area contributed by atoms with Crippen molar-refractivity contribution in [3.63, 3.8) is 0 Å². The fourth-order valence-corrected chi connectivity index (χ4v) is 1.56. The molecule has 0 spiro atoms. The van der Waals surface area contributed by atoms with Crippen LogP contribution < -0.4 is 10.7 Å². The van der Waals surface area contributed by atoms with Gasteiger partial charge in [0, 0.05) is 0 Å². The van der Waals surface area contributed by atoms with Gasteiger partial charge in [0.15, 0.2) is 0 Å². The van der Waals surface area contributed by atoms with Gasteiger partial charge in [-0.15, -0.1) is 0 Å². The summed E-state index contributed by atoms with van der Waals surface area (Å²) in [5.74, 6) is -1.82. The van der Waals surface area contributed by atoms with Gasteiger partial charge >= 0.3 is 17.8 Å². The first-order valence-corrected chi connectivity index (χ1v) is 5.17. The number of rotatable bonds is 3.